The van der Waals surface area contributed by atoms with Crippen LogP contribution in [0.1, 0.15) is 255 Å². The summed E-state index contributed by atoms with van der Waals surface area (Å²) in [7, 11) is 3.12. The van der Waals surface area contributed by atoms with Gasteiger partial charge in [-0.2, -0.15) is 0 Å². The van der Waals surface area contributed by atoms with Gasteiger partial charge in [0.2, 0.25) is 0 Å². The van der Waals surface area contributed by atoms with E-state index in [2.05, 4.69) is 143 Å². The first kappa shape index (κ1) is 67.5. The fraction of sp³-hybridized carbons (Fsp3) is 0.949. The minimum atomic E-state index is -0.396. The SMILES string of the molecule is CC1C(=O)OC(=O)C1C.CCCC1CC(C)C2C1C1CC2C(C)(C)C1(C)C.CCCC1CC(C)C2C1C1CC2C(C)(C)C1(C)C.CCCC1CC(C)C2C3CC(C12)C(C)(C(=O)OC)C3C.CCCC1CC(C)C2C3CC(C12)C(C)(C(=O)OC)C3C. The molecule has 12 saturated carbocycles. The maximum Gasteiger partial charge on any atom is 0.317 e. The number of hydrogen-bond donors (Lipinski definition) is 0. The number of fused-ring (bicyclic) bond motifs is 20. The Labute approximate surface area is 522 Å². The van der Waals surface area contributed by atoms with Crippen molar-refractivity contribution >= 4 is 23.9 Å². The number of carbonyl (C=O) groups excluding carboxylic acids is 4. The Kier molecular flexibility index (Phi) is 19.3. The van der Waals surface area contributed by atoms with E-state index in [1.54, 1.807) is 40.9 Å². The molecule has 1 saturated heterocycles. The van der Waals surface area contributed by atoms with Crippen molar-refractivity contribution in [2.45, 2.75) is 255 Å². The van der Waals surface area contributed by atoms with Gasteiger partial charge >= 0.3 is 23.9 Å². The number of methoxy groups -OCH3 is 2. The van der Waals surface area contributed by atoms with E-state index in [0.717, 1.165) is 130 Å². The molecule has 486 valence electrons. The lowest BCUT2D eigenvalue weighted by atomic mass is 9.53. The fourth-order valence-corrected chi connectivity index (χ4v) is 26.9. The van der Waals surface area contributed by atoms with Crippen molar-refractivity contribution in [1.82, 2.24) is 0 Å². The minimum Gasteiger partial charge on any atom is -0.469 e. The Morgan fingerprint density at radius 2 is 0.624 bits per heavy atom. The average Bonchev–Trinajstić information content (AvgIpc) is 1.58. The smallest absolute Gasteiger partial charge is 0.317 e. The van der Waals surface area contributed by atoms with Crippen molar-refractivity contribution in [3.63, 3.8) is 0 Å². The second kappa shape index (κ2) is 24.3. The van der Waals surface area contributed by atoms with E-state index < -0.39 is 11.9 Å². The van der Waals surface area contributed by atoms with Crippen LogP contribution in [-0.4, -0.2) is 38.1 Å². The van der Waals surface area contributed by atoms with E-state index in [-0.39, 0.29) is 34.6 Å². The highest BCUT2D eigenvalue weighted by Crippen LogP contribution is 2.77. The summed E-state index contributed by atoms with van der Waals surface area (Å²) < 4.78 is 14.7. The molecule has 0 aromatic rings. The Bertz CT molecular complexity index is 2240. The molecule has 0 amide bonds. The van der Waals surface area contributed by atoms with Crippen LogP contribution in [0.2, 0.25) is 0 Å². The monoisotopic (exact) mass is 1180 g/mol. The number of ether oxygens (including phenoxy) is 3. The highest BCUT2D eigenvalue weighted by molar-refractivity contribution is 5.95. The largest absolute Gasteiger partial charge is 0.469 e. The van der Waals surface area contributed by atoms with Crippen LogP contribution in [0.5, 0.6) is 0 Å². The van der Waals surface area contributed by atoms with Gasteiger partial charge in [0.05, 0.1) is 36.9 Å². The molecular weight excluding hydrogens is 1050 g/mol. The molecule has 7 heteroatoms. The molecular formula is C78H132O7. The Balaban J connectivity index is 0.000000129. The Hall–Kier alpha value is -1.92. The topological polar surface area (TPSA) is 96.0 Å². The van der Waals surface area contributed by atoms with Gasteiger partial charge in [0, 0.05) is 0 Å². The van der Waals surface area contributed by atoms with Crippen LogP contribution >= 0.6 is 0 Å². The van der Waals surface area contributed by atoms with Crippen LogP contribution in [0.25, 0.3) is 0 Å². The molecule has 0 aromatic carbocycles. The summed E-state index contributed by atoms with van der Waals surface area (Å²) in [5.74, 6) is 21.6. The van der Waals surface area contributed by atoms with Crippen LogP contribution in [0.15, 0.2) is 0 Å². The number of rotatable bonds is 10. The maximum atomic E-state index is 12.4. The molecule has 30 atom stereocenters. The first-order valence-corrected chi connectivity index (χ1v) is 36.6. The second-order valence-electron chi connectivity index (χ2n) is 35.9. The van der Waals surface area contributed by atoms with E-state index in [9.17, 15) is 19.2 Å². The van der Waals surface area contributed by atoms with Crippen LogP contribution in [0.4, 0.5) is 0 Å². The lowest BCUT2D eigenvalue weighted by Gasteiger charge is -2.52. The number of hydrogen-bond acceptors (Lipinski definition) is 7. The van der Waals surface area contributed by atoms with E-state index in [0.29, 0.717) is 45.3 Å². The highest BCUT2D eigenvalue weighted by atomic mass is 16.6. The van der Waals surface area contributed by atoms with Crippen molar-refractivity contribution in [2.75, 3.05) is 14.2 Å². The fourth-order valence-electron chi connectivity index (χ4n) is 26.9. The summed E-state index contributed by atoms with van der Waals surface area (Å²) in [5, 5.41) is 0. The lowest BCUT2D eigenvalue weighted by Crippen LogP contribution is -2.47. The predicted octanol–water partition coefficient (Wildman–Crippen LogP) is 19.4. The van der Waals surface area contributed by atoms with Gasteiger partial charge in [-0.1, -0.05) is 190 Å². The summed E-state index contributed by atoms with van der Waals surface area (Å²) in [6.45, 7) is 52.3. The number of cyclic esters (lactones) is 2. The third kappa shape index (κ3) is 10.1. The first-order valence-electron chi connectivity index (χ1n) is 36.6. The van der Waals surface area contributed by atoms with Gasteiger partial charge in [-0.15, -0.1) is 0 Å². The predicted molar refractivity (Wildman–Crippen MR) is 346 cm³/mol. The molecule has 7 nitrogen and oxygen atoms in total. The average molecular weight is 1180 g/mol. The normalized spacial score (nSPS) is 50.6. The van der Waals surface area contributed by atoms with Gasteiger partial charge in [-0.05, 0) is 241 Å². The molecule has 85 heavy (non-hydrogen) atoms. The third-order valence-corrected chi connectivity index (χ3v) is 32.5. The molecule has 0 aromatic heterocycles. The first-order chi connectivity index (χ1) is 39.7. The van der Waals surface area contributed by atoms with E-state index in [1.165, 1.54) is 89.9 Å². The maximum absolute atomic E-state index is 12.4. The van der Waals surface area contributed by atoms with Gasteiger partial charge in [0.15, 0.2) is 0 Å². The van der Waals surface area contributed by atoms with Crippen molar-refractivity contribution in [3.8, 4) is 0 Å². The van der Waals surface area contributed by atoms with Gasteiger partial charge in [-0.3, -0.25) is 19.2 Å². The standard InChI is InChI=1S/2C18H30O2.2C18H32.C6H8O3/c2*1-6-7-12-8-10(2)15-13-9-14(16(12)15)18(4,11(13)3)17(19)20-5;2*1-7-8-12-9-11(2)15-13-10-14(16(12)15)18(5,6)17(13,3)4;1-3-4(2)6(8)9-5(3)7/h2*10-16H,6-9H2,1-5H3;2*11-16H,7-10H2,1-6H3;3-4H,1-2H3. The molecule has 30 unspecified atom stereocenters. The molecule has 0 N–H and O–H groups in total. The zero-order chi connectivity index (χ0) is 62.9. The van der Waals surface area contributed by atoms with E-state index in [4.69, 9.17) is 9.47 Å². The van der Waals surface area contributed by atoms with Crippen molar-refractivity contribution in [1.29, 1.82) is 0 Å². The van der Waals surface area contributed by atoms with Crippen molar-refractivity contribution in [2.24, 2.45) is 198 Å². The van der Waals surface area contributed by atoms with Gasteiger partial charge in [0.25, 0.3) is 0 Å². The zero-order valence-electron chi connectivity index (χ0n) is 59.3. The lowest BCUT2D eigenvalue weighted by molar-refractivity contribution is -0.162. The van der Waals surface area contributed by atoms with Crippen LogP contribution in [-0.2, 0) is 33.4 Å². The summed E-state index contributed by atoms with van der Waals surface area (Å²) in [4.78, 5) is 46.0. The van der Waals surface area contributed by atoms with Gasteiger partial charge in [-0.25, -0.2) is 0 Å². The minimum absolute atomic E-state index is 0.0470. The quantitative estimate of drug-likeness (QED) is 0.122. The van der Waals surface area contributed by atoms with Gasteiger partial charge < -0.3 is 14.2 Å². The molecule has 1 heterocycles. The Morgan fingerprint density at radius 1 is 0.376 bits per heavy atom. The van der Waals surface area contributed by atoms with Crippen LogP contribution in [0.3, 0.4) is 0 Å². The summed E-state index contributed by atoms with van der Waals surface area (Å²) in [5.41, 5.74) is 1.80. The number of esters is 4. The Morgan fingerprint density at radius 3 is 0.859 bits per heavy atom. The molecule has 13 fully saturated rings. The molecule has 13 aliphatic rings. The van der Waals surface area contributed by atoms with E-state index in [1.807, 2.05) is 0 Å². The molecule has 0 spiro atoms. The molecule has 1 aliphatic heterocycles. The molecule has 8 bridgehead atoms. The zero-order valence-corrected chi connectivity index (χ0v) is 59.3. The molecule has 13 rings (SSSR count). The van der Waals surface area contributed by atoms with Crippen molar-refractivity contribution in [3.05, 3.63) is 0 Å². The van der Waals surface area contributed by atoms with Crippen molar-refractivity contribution < 1.29 is 33.4 Å². The third-order valence-electron chi connectivity index (χ3n) is 32.5. The second-order valence-corrected chi connectivity index (χ2v) is 35.9. The summed E-state index contributed by atoms with van der Waals surface area (Å²) in [6, 6.07) is 0. The number of carbonyl (C=O) groups is 4. The van der Waals surface area contributed by atoms with Crippen LogP contribution < -0.4 is 0 Å². The molecule has 0 radical (unpaired) electrons. The van der Waals surface area contributed by atoms with Crippen LogP contribution in [0, 0.1) is 198 Å². The summed E-state index contributed by atoms with van der Waals surface area (Å²) >= 11 is 0. The van der Waals surface area contributed by atoms with E-state index >= 15 is 0 Å². The van der Waals surface area contributed by atoms with Gasteiger partial charge in [0.1, 0.15) is 0 Å². The molecule has 12 aliphatic carbocycles. The highest BCUT2D eigenvalue weighted by Gasteiger charge is 2.73. The summed E-state index contributed by atoms with van der Waals surface area (Å²) in [6.07, 6.45) is 22.5.